The van der Waals surface area contributed by atoms with E-state index < -0.39 is 5.69 Å². The second-order valence-electron chi connectivity index (χ2n) is 5.20. The summed E-state index contributed by atoms with van der Waals surface area (Å²) in [6.07, 6.45) is 12.8. The van der Waals surface area contributed by atoms with Crippen molar-refractivity contribution in [3.63, 3.8) is 0 Å². The first-order chi connectivity index (χ1) is 8.16. The number of hydrogen-bond acceptors (Lipinski definition) is 3. The van der Waals surface area contributed by atoms with Crippen molar-refractivity contribution in [1.82, 2.24) is 0 Å². The predicted octanol–water partition coefficient (Wildman–Crippen LogP) is 4.84. The third-order valence-electron chi connectivity index (χ3n) is 3.67. The van der Waals surface area contributed by atoms with Crippen LogP contribution >= 0.6 is 17.9 Å². The maximum Gasteiger partial charge on any atom is 0.244 e. The van der Waals surface area contributed by atoms with Gasteiger partial charge < -0.3 is 9.05 Å². The van der Waals surface area contributed by atoms with Gasteiger partial charge in [0.15, 0.2) is 0 Å². The summed E-state index contributed by atoms with van der Waals surface area (Å²) in [5.41, 5.74) is -2.30. The second-order valence-corrected chi connectivity index (χ2v) is 10.4. The fourth-order valence-corrected chi connectivity index (χ4v) is 5.50. The SMILES string of the molecule is S=P(S)(OC1CCCCC1)OC1CCCCC1.[Zn]. The largest absolute Gasteiger partial charge is 0.318 e. The summed E-state index contributed by atoms with van der Waals surface area (Å²) in [5.74, 6) is 0. The smallest absolute Gasteiger partial charge is 0.244 e. The summed E-state index contributed by atoms with van der Waals surface area (Å²) in [7, 11) is 0. The summed E-state index contributed by atoms with van der Waals surface area (Å²) >= 11 is 9.92. The van der Waals surface area contributed by atoms with Crippen molar-refractivity contribution in [2.45, 2.75) is 76.4 Å². The van der Waals surface area contributed by atoms with Crippen LogP contribution in [0.2, 0.25) is 0 Å². The van der Waals surface area contributed by atoms with Crippen LogP contribution in [0.3, 0.4) is 0 Å². The molecule has 2 fully saturated rings. The molecule has 2 aliphatic carbocycles. The molecule has 6 heteroatoms. The quantitative estimate of drug-likeness (QED) is 0.440. The molecule has 18 heavy (non-hydrogen) atoms. The number of hydrogen-bond donors (Lipinski definition) is 1. The van der Waals surface area contributed by atoms with Gasteiger partial charge in [-0.2, -0.15) is 0 Å². The van der Waals surface area contributed by atoms with Gasteiger partial charge in [0, 0.05) is 19.5 Å². The molecule has 0 aromatic heterocycles. The molecule has 2 rings (SSSR count). The normalized spacial score (nSPS) is 23.6. The Morgan fingerprint density at radius 3 is 1.44 bits per heavy atom. The van der Waals surface area contributed by atoms with Crippen molar-refractivity contribution in [2.24, 2.45) is 0 Å². The van der Waals surface area contributed by atoms with E-state index in [9.17, 15) is 0 Å². The molecule has 2 aliphatic rings. The minimum Gasteiger partial charge on any atom is -0.318 e. The van der Waals surface area contributed by atoms with Crippen molar-refractivity contribution in [2.75, 3.05) is 0 Å². The van der Waals surface area contributed by atoms with Gasteiger partial charge in [0.05, 0.1) is 12.2 Å². The Hall–Kier alpha value is 1.54. The van der Waals surface area contributed by atoms with Gasteiger partial charge in [0.1, 0.15) is 0 Å². The van der Waals surface area contributed by atoms with Crippen molar-refractivity contribution in [1.29, 1.82) is 0 Å². The Kier molecular flexibility index (Phi) is 8.55. The minimum atomic E-state index is -2.30. The van der Waals surface area contributed by atoms with Crippen LogP contribution in [0.5, 0.6) is 0 Å². The molecule has 0 bridgehead atoms. The summed E-state index contributed by atoms with van der Waals surface area (Å²) in [6, 6.07) is 0. The van der Waals surface area contributed by atoms with E-state index >= 15 is 0 Å². The monoisotopic (exact) mass is 358 g/mol. The zero-order valence-electron chi connectivity index (χ0n) is 11.1. The summed E-state index contributed by atoms with van der Waals surface area (Å²) in [5, 5.41) is 0. The Labute approximate surface area is 134 Å². The van der Waals surface area contributed by atoms with Gasteiger partial charge in [0.2, 0.25) is 5.69 Å². The Bertz CT molecular complexity index is 255. The number of rotatable bonds is 4. The molecular formula is C12H23O2PS2Zn. The Morgan fingerprint density at radius 2 is 1.11 bits per heavy atom. The maximum absolute atomic E-state index is 5.95. The standard InChI is InChI=1S/C12H23O2PS2.Zn/c16-15(17,13-11-7-3-1-4-8-11)14-12-9-5-2-6-10-12;/h11-12H,1-10H2,(H,16,17);. The van der Waals surface area contributed by atoms with Crippen LogP contribution in [0.4, 0.5) is 0 Å². The fourth-order valence-electron chi connectivity index (χ4n) is 2.74. The summed E-state index contributed by atoms with van der Waals surface area (Å²) in [6.45, 7) is 0. The van der Waals surface area contributed by atoms with E-state index in [0.717, 1.165) is 25.7 Å². The van der Waals surface area contributed by atoms with E-state index in [1.165, 1.54) is 38.5 Å². The van der Waals surface area contributed by atoms with Gasteiger partial charge in [-0.15, -0.1) is 0 Å². The van der Waals surface area contributed by atoms with E-state index in [0.29, 0.717) is 12.2 Å². The van der Waals surface area contributed by atoms with Crippen LogP contribution in [0.1, 0.15) is 64.2 Å². The van der Waals surface area contributed by atoms with Crippen molar-refractivity contribution in [3.05, 3.63) is 0 Å². The molecule has 0 unspecified atom stereocenters. The second kappa shape index (κ2) is 8.75. The van der Waals surface area contributed by atoms with Gasteiger partial charge >= 0.3 is 0 Å². The Balaban J connectivity index is 0.00000162. The van der Waals surface area contributed by atoms with Crippen LogP contribution < -0.4 is 0 Å². The zero-order chi connectivity index (χ0) is 12.1. The van der Waals surface area contributed by atoms with Gasteiger partial charge in [-0.25, -0.2) is 0 Å². The molecule has 0 radical (unpaired) electrons. The zero-order valence-corrected chi connectivity index (χ0v) is 16.6. The van der Waals surface area contributed by atoms with Crippen LogP contribution in [0, 0.1) is 0 Å². The van der Waals surface area contributed by atoms with Gasteiger partial charge in [-0.1, -0.05) is 50.8 Å². The molecule has 0 saturated heterocycles. The van der Waals surface area contributed by atoms with Crippen LogP contribution in [0.25, 0.3) is 0 Å². The molecule has 102 valence electrons. The topological polar surface area (TPSA) is 18.5 Å². The molecule has 0 spiro atoms. The van der Waals surface area contributed by atoms with Gasteiger partial charge in [-0.05, 0) is 37.5 Å². The molecule has 0 aromatic carbocycles. The van der Waals surface area contributed by atoms with Gasteiger partial charge in [0.25, 0.3) is 0 Å². The number of thiol groups is 1. The van der Waals surface area contributed by atoms with Crippen molar-refractivity contribution in [3.8, 4) is 0 Å². The summed E-state index contributed by atoms with van der Waals surface area (Å²) < 4.78 is 11.9. The third kappa shape index (κ3) is 6.33. The molecule has 0 atom stereocenters. The first-order valence-corrected chi connectivity index (χ1v) is 10.6. The molecule has 0 aromatic rings. The minimum absolute atomic E-state index is 0. The van der Waals surface area contributed by atoms with E-state index in [1.807, 2.05) is 0 Å². The van der Waals surface area contributed by atoms with E-state index in [1.54, 1.807) is 0 Å². The van der Waals surface area contributed by atoms with Crippen LogP contribution in [-0.2, 0) is 40.3 Å². The fraction of sp³-hybridized carbons (Fsp3) is 1.00. The summed E-state index contributed by atoms with van der Waals surface area (Å²) in [4.78, 5) is 0. The average molecular weight is 360 g/mol. The first-order valence-electron chi connectivity index (χ1n) is 6.85. The Morgan fingerprint density at radius 1 is 0.778 bits per heavy atom. The molecule has 0 aliphatic heterocycles. The average Bonchev–Trinajstić information content (AvgIpc) is 2.30. The van der Waals surface area contributed by atoms with Crippen LogP contribution in [0.15, 0.2) is 0 Å². The third-order valence-corrected chi connectivity index (χ3v) is 5.88. The maximum atomic E-state index is 5.95. The first kappa shape index (κ1) is 17.6. The molecule has 0 amide bonds. The van der Waals surface area contributed by atoms with Crippen molar-refractivity contribution < 1.29 is 28.5 Å². The molecule has 2 saturated carbocycles. The molecule has 2 nitrogen and oxygen atoms in total. The van der Waals surface area contributed by atoms with Crippen LogP contribution in [-0.4, -0.2) is 12.2 Å². The molecule has 0 N–H and O–H groups in total. The van der Waals surface area contributed by atoms with Crippen molar-refractivity contribution >= 4 is 29.7 Å². The predicted molar refractivity (Wildman–Crippen MR) is 79.2 cm³/mol. The van der Waals surface area contributed by atoms with E-state index in [-0.39, 0.29) is 19.5 Å². The molecule has 0 heterocycles. The molecular weight excluding hydrogens is 337 g/mol. The van der Waals surface area contributed by atoms with E-state index in [4.69, 9.17) is 20.9 Å². The van der Waals surface area contributed by atoms with Gasteiger partial charge in [-0.3, -0.25) is 0 Å². The van der Waals surface area contributed by atoms with E-state index in [2.05, 4.69) is 12.2 Å².